The third-order valence-corrected chi connectivity index (χ3v) is 4.31. The smallest absolute Gasteiger partial charge is 0.395 e. The Morgan fingerprint density at radius 1 is 1.04 bits per heavy atom. The lowest BCUT2D eigenvalue weighted by Gasteiger charge is -2.24. The van der Waals surface area contributed by atoms with Crippen molar-refractivity contribution in [2.45, 2.75) is 12.5 Å². The van der Waals surface area contributed by atoms with Crippen molar-refractivity contribution in [1.29, 1.82) is 0 Å². The van der Waals surface area contributed by atoms with Gasteiger partial charge in [-0.2, -0.15) is 9.36 Å². The average molecular weight is 367 g/mol. The van der Waals surface area contributed by atoms with E-state index < -0.39 is 6.09 Å². The van der Waals surface area contributed by atoms with Gasteiger partial charge in [0.05, 0.1) is 26.5 Å². The summed E-state index contributed by atoms with van der Waals surface area (Å²) >= 11 is 0. The lowest BCUT2D eigenvalue weighted by atomic mass is 9.91. The molecule has 2 aromatic rings. The Morgan fingerprint density at radius 2 is 1.70 bits per heavy atom. The summed E-state index contributed by atoms with van der Waals surface area (Å²) in [5.41, 5.74) is 3.06. The molecule has 0 bridgehead atoms. The summed E-state index contributed by atoms with van der Waals surface area (Å²) in [5.74, 6) is 0.387. The number of carbonyl (C=O) groups is 2. The van der Waals surface area contributed by atoms with Crippen LogP contribution in [0.4, 0.5) is 9.59 Å². The summed E-state index contributed by atoms with van der Waals surface area (Å²) in [6.07, 6.45) is 3.46. The molecule has 2 amide bonds. The highest BCUT2D eigenvalue weighted by molar-refractivity contribution is 5.90. The molecule has 1 aromatic heterocycles. The highest BCUT2D eigenvalue weighted by Gasteiger charge is 2.26. The quantitative estimate of drug-likeness (QED) is 0.726. The summed E-state index contributed by atoms with van der Waals surface area (Å²) in [6, 6.07) is 11.3. The number of hydrogen-bond acceptors (Lipinski definition) is 4. The van der Waals surface area contributed by atoms with E-state index in [1.807, 2.05) is 36.4 Å². The number of ether oxygens (including phenoxy) is 1. The van der Waals surface area contributed by atoms with Crippen LogP contribution in [-0.4, -0.2) is 56.0 Å². The topological polar surface area (TPSA) is 66.1 Å². The van der Waals surface area contributed by atoms with Crippen molar-refractivity contribution in [1.82, 2.24) is 9.80 Å². The minimum Gasteiger partial charge on any atom is -0.395 e. The summed E-state index contributed by atoms with van der Waals surface area (Å²) < 4.78 is 6.93. The molecule has 3 rings (SSSR count). The van der Waals surface area contributed by atoms with Crippen LogP contribution >= 0.6 is 0 Å². The van der Waals surface area contributed by atoms with E-state index in [0.717, 1.165) is 16.7 Å². The fourth-order valence-electron chi connectivity index (χ4n) is 2.87. The second kappa shape index (κ2) is 7.57. The third-order valence-electron chi connectivity index (χ3n) is 4.31. The van der Waals surface area contributed by atoms with Crippen LogP contribution in [0.1, 0.15) is 22.7 Å². The van der Waals surface area contributed by atoms with Crippen LogP contribution in [0.5, 0.6) is 0 Å². The summed E-state index contributed by atoms with van der Waals surface area (Å²) in [6.45, 7) is 0. The van der Waals surface area contributed by atoms with Gasteiger partial charge in [-0.25, -0.2) is 14.7 Å². The van der Waals surface area contributed by atoms with E-state index in [1.54, 1.807) is 40.6 Å². The molecule has 2 heterocycles. The van der Waals surface area contributed by atoms with Crippen molar-refractivity contribution in [3.8, 4) is 0 Å². The minimum atomic E-state index is -0.450. The number of rotatable bonds is 1. The zero-order valence-electron chi connectivity index (χ0n) is 15.9. The van der Waals surface area contributed by atoms with Gasteiger partial charge in [-0.1, -0.05) is 24.3 Å². The predicted octanol–water partition coefficient (Wildman–Crippen LogP) is 2.25. The highest BCUT2D eigenvalue weighted by Crippen LogP contribution is 2.32. The number of pyridine rings is 1. The predicted molar refractivity (Wildman–Crippen MR) is 101 cm³/mol. The molecule has 1 atom stereocenters. The van der Waals surface area contributed by atoms with E-state index in [4.69, 9.17) is 4.74 Å². The van der Waals surface area contributed by atoms with Crippen molar-refractivity contribution in [3.05, 3.63) is 65.5 Å². The van der Waals surface area contributed by atoms with Gasteiger partial charge in [0.25, 0.3) is 0 Å². The maximum absolute atomic E-state index is 12.1. The largest absolute Gasteiger partial charge is 0.497 e. The highest BCUT2D eigenvalue weighted by atomic mass is 16.6. The Kier molecular flexibility index (Phi) is 5.21. The molecule has 27 heavy (non-hydrogen) atoms. The molecule has 0 fully saturated rings. The molecule has 0 aliphatic carbocycles. The molecule has 7 nitrogen and oxygen atoms in total. The number of benzene rings is 1. The number of amides is 2. The molecule has 0 saturated heterocycles. The Hall–Kier alpha value is -3.22. The zero-order chi connectivity index (χ0) is 19.6. The van der Waals surface area contributed by atoms with E-state index in [0.29, 0.717) is 12.3 Å². The van der Waals surface area contributed by atoms with Crippen LogP contribution in [0, 0.1) is 0 Å². The molecule has 1 unspecified atom stereocenters. The Morgan fingerprint density at radius 3 is 2.33 bits per heavy atom. The number of carbonyl (C=O) groups excluding carboxylic acids is 2. The van der Waals surface area contributed by atoms with Gasteiger partial charge >= 0.3 is 12.1 Å². The fourth-order valence-corrected chi connectivity index (χ4v) is 2.87. The molecule has 0 spiro atoms. The van der Waals surface area contributed by atoms with Crippen molar-refractivity contribution < 1.29 is 18.9 Å². The van der Waals surface area contributed by atoms with E-state index in [1.165, 1.54) is 14.4 Å². The van der Waals surface area contributed by atoms with Gasteiger partial charge in [-0.05, 0) is 28.8 Å². The SMILES string of the molecule is CN(C)C(=O)OC1=NC(c2cc[n+](C(=O)N(C)C)cc2)c2ccccc2C1. The minimum absolute atomic E-state index is 0.130. The Bertz CT molecular complexity index is 888. The number of nitrogens with zero attached hydrogens (tertiary/aromatic N) is 4. The Labute approximate surface area is 158 Å². The van der Waals surface area contributed by atoms with Gasteiger partial charge in [0.1, 0.15) is 6.04 Å². The van der Waals surface area contributed by atoms with Gasteiger partial charge < -0.3 is 9.64 Å². The number of fused-ring (bicyclic) bond motifs is 1. The lowest BCUT2D eigenvalue weighted by Crippen LogP contribution is -2.49. The first-order valence-corrected chi connectivity index (χ1v) is 8.63. The first-order chi connectivity index (χ1) is 12.9. The fraction of sp³-hybridized carbons (Fsp3) is 0.300. The zero-order valence-corrected chi connectivity index (χ0v) is 15.9. The summed E-state index contributed by atoms with van der Waals surface area (Å²) in [7, 11) is 6.68. The van der Waals surface area contributed by atoms with Gasteiger partial charge in [0, 0.05) is 20.5 Å². The van der Waals surface area contributed by atoms with Crippen LogP contribution in [0.3, 0.4) is 0 Å². The van der Waals surface area contributed by atoms with Crippen molar-refractivity contribution in [3.63, 3.8) is 0 Å². The maximum atomic E-state index is 12.1. The van der Waals surface area contributed by atoms with Gasteiger partial charge in [-0.3, -0.25) is 0 Å². The Balaban J connectivity index is 1.95. The van der Waals surface area contributed by atoms with Crippen LogP contribution < -0.4 is 4.57 Å². The average Bonchev–Trinajstić information content (AvgIpc) is 2.66. The first kappa shape index (κ1) is 18.6. The van der Waals surface area contributed by atoms with Crippen molar-refractivity contribution in [2.75, 3.05) is 28.2 Å². The molecule has 1 aliphatic heterocycles. The third kappa shape index (κ3) is 3.97. The molecule has 140 valence electrons. The molecule has 1 aliphatic rings. The van der Waals surface area contributed by atoms with Gasteiger partial charge in [-0.15, -0.1) is 0 Å². The lowest BCUT2D eigenvalue weighted by molar-refractivity contribution is -0.577. The second-order valence-electron chi connectivity index (χ2n) is 6.78. The normalized spacial score (nSPS) is 15.4. The summed E-state index contributed by atoms with van der Waals surface area (Å²) in [4.78, 5) is 31.5. The standard InChI is InChI=1S/C20H23N4O3/c1-22(2)19(25)24-11-9-14(10-12-24)18-16-8-6-5-7-15(16)13-17(21-18)27-20(26)23(3)4/h5-12,18H,13H2,1-4H3/q+1. The molecular weight excluding hydrogens is 344 g/mol. The van der Waals surface area contributed by atoms with E-state index in [-0.39, 0.29) is 12.1 Å². The van der Waals surface area contributed by atoms with Crippen LogP contribution in [0.25, 0.3) is 0 Å². The van der Waals surface area contributed by atoms with Crippen molar-refractivity contribution in [2.24, 2.45) is 4.99 Å². The van der Waals surface area contributed by atoms with Crippen LogP contribution in [0.15, 0.2) is 53.8 Å². The van der Waals surface area contributed by atoms with E-state index in [9.17, 15) is 9.59 Å². The molecule has 7 heteroatoms. The molecule has 1 aromatic carbocycles. The van der Waals surface area contributed by atoms with E-state index in [2.05, 4.69) is 4.99 Å². The van der Waals surface area contributed by atoms with Crippen LogP contribution in [-0.2, 0) is 11.2 Å². The van der Waals surface area contributed by atoms with Gasteiger partial charge in [0.2, 0.25) is 5.90 Å². The molecule has 0 radical (unpaired) electrons. The monoisotopic (exact) mass is 367 g/mol. The van der Waals surface area contributed by atoms with Crippen molar-refractivity contribution >= 4 is 18.0 Å². The number of hydrogen-bond donors (Lipinski definition) is 0. The first-order valence-electron chi connectivity index (χ1n) is 8.63. The molecule has 0 saturated carbocycles. The molecule has 0 N–H and O–H groups in total. The van der Waals surface area contributed by atoms with Crippen LogP contribution in [0.2, 0.25) is 0 Å². The number of aliphatic imine (C=N–C) groups is 1. The second-order valence-corrected chi connectivity index (χ2v) is 6.78. The maximum Gasteiger partial charge on any atom is 0.497 e. The number of aromatic nitrogens is 1. The van der Waals surface area contributed by atoms with E-state index >= 15 is 0 Å². The molecular formula is C20H23N4O3+. The summed E-state index contributed by atoms with van der Waals surface area (Å²) in [5, 5.41) is 0. The van der Waals surface area contributed by atoms with Gasteiger partial charge in [0.15, 0.2) is 0 Å².